The second kappa shape index (κ2) is 10.6. The first-order valence-electron chi connectivity index (χ1n) is 10.6. The van der Waals surface area contributed by atoms with Crippen LogP contribution in [0.2, 0.25) is 0 Å². The first-order chi connectivity index (χ1) is 14.9. The molecule has 0 amide bonds. The lowest BCUT2D eigenvalue weighted by Gasteiger charge is -2.12. The van der Waals surface area contributed by atoms with Gasteiger partial charge < -0.3 is 4.98 Å². The lowest BCUT2D eigenvalue weighted by molar-refractivity contribution is -0.111. The van der Waals surface area contributed by atoms with E-state index in [0.29, 0.717) is 18.9 Å². The Morgan fingerprint density at radius 3 is 2.58 bits per heavy atom. The van der Waals surface area contributed by atoms with Crippen molar-refractivity contribution in [2.75, 3.05) is 6.54 Å². The summed E-state index contributed by atoms with van der Waals surface area (Å²) in [5.74, 6) is 0.885. The third-order valence-electron chi connectivity index (χ3n) is 5.18. The Balaban J connectivity index is 1.84. The Morgan fingerprint density at radius 2 is 1.90 bits per heavy atom. The normalized spacial score (nSPS) is 14.0. The van der Waals surface area contributed by atoms with Crippen molar-refractivity contribution in [2.45, 2.75) is 40.0 Å². The number of hydrogen-bond acceptors (Lipinski definition) is 3. The van der Waals surface area contributed by atoms with Crippen molar-refractivity contribution in [2.24, 2.45) is 5.92 Å². The molecule has 164 valence electrons. The molecule has 0 bridgehead atoms. The average molecular weight is 442 g/mol. The molecular formula is C24H28FN3O2S. The van der Waals surface area contributed by atoms with Gasteiger partial charge >= 0.3 is 0 Å². The minimum Gasteiger partial charge on any atom is -0.342 e. The topological polar surface area (TPSA) is 74.8 Å². The van der Waals surface area contributed by atoms with Crippen molar-refractivity contribution in [3.05, 3.63) is 71.3 Å². The van der Waals surface area contributed by atoms with E-state index in [2.05, 4.69) is 40.7 Å². The summed E-state index contributed by atoms with van der Waals surface area (Å²) in [7, 11) is -1.66. The van der Waals surface area contributed by atoms with E-state index < -0.39 is 11.0 Å². The number of imidazole rings is 1. The Labute approximate surface area is 184 Å². The first-order valence-corrected chi connectivity index (χ1v) is 11.7. The zero-order valence-electron chi connectivity index (χ0n) is 18.1. The number of hydrogen-bond donors (Lipinski definition) is 2. The summed E-state index contributed by atoms with van der Waals surface area (Å²) in [6.45, 7) is 6.38. The Bertz CT molecular complexity index is 1110. The largest absolute Gasteiger partial charge is 0.342 e. The van der Waals surface area contributed by atoms with Crippen LogP contribution < -0.4 is 4.72 Å². The highest BCUT2D eigenvalue weighted by Gasteiger charge is 2.12. The molecule has 5 nitrogen and oxygen atoms in total. The van der Waals surface area contributed by atoms with E-state index in [4.69, 9.17) is 0 Å². The molecule has 2 aromatic carbocycles. The van der Waals surface area contributed by atoms with Crippen LogP contribution in [0.25, 0.3) is 16.6 Å². The molecule has 7 heteroatoms. The summed E-state index contributed by atoms with van der Waals surface area (Å²) in [6, 6.07) is 12.6. The van der Waals surface area contributed by atoms with Crippen LogP contribution in [0.1, 0.15) is 50.6 Å². The third-order valence-corrected chi connectivity index (χ3v) is 6.35. The van der Waals surface area contributed by atoms with E-state index in [-0.39, 0.29) is 17.4 Å². The molecule has 1 heterocycles. The molecule has 0 saturated carbocycles. The number of halogens is 1. The maximum atomic E-state index is 13.4. The number of fused-ring (bicyclic) bond motifs is 1. The average Bonchev–Trinajstić information content (AvgIpc) is 3.19. The van der Waals surface area contributed by atoms with E-state index >= 15 is 0 Å². The molecule has 0 fully saturated rings. The van der Waals surface area contributed by atoms with Gasteiger partial charge in [0.1, 0.15) is 11.6 Å². The number of nitrogens with one attached hydrogen (secondary N) is 2. The van der Waals surface area contributed by atoms with E-state index in [9.17, 15) is 13.4 Å². The molecule has 0 radical (unpaired) electrons. The molecule has 0 spiro atoms. The van der Waals surface area contributed by atoms with Crippen LogP contribution >= 0.6 is 0 Å². The number of nitrogens with zero attached hydrogens (tertiary/aromatic N) is 1. The Morgan fingerprint density at radius 1 is 1.19 bits per heavy atom. The molecule has 3 aromatic rings. The van der Waals surface area contributed by atoms with Gasteiger partial charge in [-0.25, -0.2) is 18.3 Å². The van der Waals surface area contributed by atoms with Crippen molar-refractivity contribution >= 4 is 32.7 Å². The predicted molar refractivity (Wildman–Crippen MR) is 124 cm³/mol. The van der Waals surface area contributed by atoms with Gasteiger partial charge in [-0.1, -0.05) is 51.5 Å². The Hall–Kier alpha value is -2.64. The van der Waals surface area contributed by atoms with Gasteiger partial charge in [-0.05, 0) is 46.9 Å². The molecular weight excluding hydrogens is 413 g/mol. The number of carbonyl (C=O) groups excluding carboxylic acids is 1. The number of rotatable bonds is 9. The van der Waals surface area contributed by atoms with Crippen LogP contribution in [0.3, 0.4) is 0 Å². The zero-order valence-corrected chi connectivity index (χ0v) is 18.9. The van der Waals surface area contributed by atoms with Gasteiger partial charge in [0.2, 0.25) is 5.12 Å². The number of allylic oxidation sites excluding steroid dienone is 1. The maximum absolute atomic E-state index is 13.4. The van der Waals surface area contributed by atoms with Crippen LogP contribution in [-0.4, -0.2) is 25.8 Å². The van der Waals surface area contributed by atoms with Crippen molar-refractivity contribution < 1.29 is 13.4 Å². The van der Waals surface area contributed by atoms with Gasteiger partial charge in [0.05, 0.1) is 11.0 Å². The summed E-state index contributed by atoms with van der Waals surface area (Å²) in [5, 5.41) is -0.310. The summed E-state index contributed by atoms with van der Waals surface area (Å²) in [6.07, 6.45) is 4.00. The number of carbonyl (C=O) groups is 1. The van der Waals surface area contributed by atoms with E-state index in [1.807, 2.05) is 12.1 Å². The van der Waals surface area contributed by atoms with Crippen LogP contribution in [0.5, 0.6) is 0 Å². The minimum absolute atomic E-state index is 0.244. The lowest BCUT2D eigenvalue weighted by atomic mass is 9.93. The number of aromatic amines is 1. The molecule has 1 aromatic heterocycles. The molecule has 0 aliphatic rings. The van der Waals surface area contributed by atoms with E-state index in [1.165, 1.54) is 12.1 Å². The fraction of sp³-hybridized carbons (Fsp3) is 0.333. The molecule has 2 atom stereocenters. The maximum Gasteiger partial charge on any atom is 0.233 e. The van der Waals surface area contributed by atoms with E-state index in [0.717, 1.165) is 40.0 Å². The highest BCUT2D eigenvalue weighted by molar-refractivity contribution is 7.98. The van der Waals surface area contributed by atoms with Gasteiger partial charge in [0, 0.05) is 19.4 Å². The summed E-state index contributed by atoms with van der Waals surface area (Å²) < 4.78 is 27.9. The highest BCUT2D eigenvalue weighted by atomic mass is 32.2. The van der Waals surface area contributed by atoms with Crippen molar-refractivity contribution in [1.82, 2.24) is 14.7 Å². The molecule has 31 heavy (non-hydrogen) atoms. The van der Waals surface area contributed by atoms with Crippen LogP contribution in [0.4, 0.5) is 4.39 Å². The SMILES string of the molecule is CCC(=O)S(=O)NCCc1nc2ccc(C(=CC(C)CC)c3ccc(F)cc3)cc2[nH]1. The van der Waals surface area contributed by atoms with Gasteiger partial charge in [0.25, 0.3) is 0 Å². The van der Waals surface area contributed by atoms with Crippen molar-refractivity contribution in [3.8, 4) is 0 Å². The highest BCUT2D eigenvalue weighted by Crippen LogP contribution is 2.28. The number of H-pyrrole nitrogens is 1. The third kappa shape index (κ3) is 5.95. The molecule has 3 rings (SSSR count). The standard InChI is InChI=1S/C24H28FN3O2S/c1-4-16(3)14-20(17-6-9-19(25)10-7-17)18-8-11-21-22(15-18)28-23(27-21)12-13-26-31(30)24(29)5-2/h6-11,14-16,26H,4-5,12-13H2,1-3H3,(H,27,28). The zero-order chi connectivity index (χ0) is 22.4. The van der Waals surface area contributed by atoms with Gasteiger partial charge in [0.15, 0.2) is 11.0 Å². The molecule has 0 aliphatic heterocycles. The smallest absolute Gasteiger partial charge is 0.233 e. The number of aromatic nitrogens is 2. The quantitative estimate of drug-likeness (QED) is 0.495. The fourth-order valence-corrected chi connectivity index (χ4v) is 3.92. The second-order valence-corrected chi connectivity index (χ2v) is 8.81. The summed E-state index contributed by atoms with van der Waals surface area (Å²) in [5.41, 5.74) is 4.79. The van der Waals surface area contributed by atoms with Gasteiger partial charge in [-0.2, -0.15) is 0 Å². The molecule has 0 aliphatic carbocycles. The second-order valence-electron chi connectivity index (χ2n) is 7.53. The van der Waals surface area contributed by atoms with Crippen LogP contribution in [-0.2, 0) is 22.2 Å². The molecule has 2 unspecified atom stereocenters. The summed E-state index contributed by atoms with van der Waals surface area (Å²) in [4.78, 5) is 19.3. The van der Waals surface area contributed by atoms with Crippen LogP contribution in [0.15, 0.2) is 48.5 Å². The van der Waals surface area contributed by atoms with Crippen molar-refractivity contribution in [1.29, 1.82) is 0 Å². The van der Waals surface area contributed by atoms with Gasteiger partial charge in [-0.15, -0.1) is 0 Å². The lowest BCUT2D eigenvalue weighted by Crippen LogP contribution is -2.26. The minimum atomic E-state index is -1.66. The monoisotopic (exact) mass is 441 g/mol. The molecule has 2 N–H and O–H groups in total. The fourth-order valence-electron chi connectivity index (χ4n) is 3.21. The summed E-state index contributed by atoms with van der Waals surface area (Å²) >= 11 is 0. The van der Waals surface area contributed by atoms with E-state index in [1.54, 1.807) is 19.1 Å². The van der Waals surface area contributed by atoms with Crippen molar-refractivity contribution in [3.63, 3.8) is 0 Å². The number of benzene rings is 2. The molecule has 0 saturated heterocycles. The van der Waals surface area contributed by atoms with Gasteiger partial charge in [-0.3, -0.25) is 4.79 Å². The first kappa shape index (κ1) is 23.0. The predicted octanol–water partition coefficient (Wildman–Crippen LogP) is 4.91. The Kier molecular flexibility index (Phi) is 7.87. The van der Waals surface area contributed by atoms with Crippen LogP contribution in [0, 0.1) is 11.7 Å².